The summed E-state index contributed by atoms with van der Waals surface area (Å²) in [5.41, 5.74) is 5.96. The Morgan fingerprint density at radius 1 is 1.12 bits per heavy atom. The van der Waals surface area contributed by atoms with Crippen LogP contribution in [0, 0.1) is 6.92 Å². The van der Waals surface area contributed by atoms with Crippen LogP contribution in [0.2, 0.25) is 5.02 Å². The first-order valence-electron chi connectivity index (χ1n) is 7.68. The lowest BCUT2D eigenvalue weighted by molar-refractivity contribution is -0.128. The minimum Gasteiger partial charge on any atom is -0.496 e. The second-order valence-corrected chi connectivity index (χ2v) is 6.77. The van der Waals surface area contributed by atoms with Crippen molar-refractivity contribution < 1.29 is 19.1 Å². The van der Waals surface area contributed by atoms with Crippen LogP contribution in [0.15, 0.2) is 40.9 Å². The van der Waals surface area contributed by atoms with E-state index in [2.05, 4.69) is 26.8 Å². The number of carbonyl (C=O) groups excluding carboxylic acids is 2. The largest absolute Gasteiger partial charge is 0.496 e. The molecule has 1 unspecified atom stereocenters. The van der Waals surface area contributed by atoms with Gasteiger partial charge in [0, 0.05) is 5.02 Å². The summed E-state index contributed by atoms with van der Waals surface area (Å²) in [6.07, 6.45) is -0.818. The summed E-state index contributed by atoms with van der Waals surface area (Å²) < 4.78 is 11.5. The number of rotatable bonds is 5. The summed E-state index contributed by atoms with van der Waals surface area (Å²) in [5, 5.41) is 0.438. The molecule has 0 aliphatic carbocycles. The van der Waals surface area contributed by atoms with Crippen LogP contribution in [-0.4, -0.2) is 25.0 Å². The fraction of sp³-hybridized carbons (Fsp3) is 0.222. The highest BCUT2D eigenvalue weighted by molar-refractivity contribution is 9.10. The van der Waals surface area contributed by atoms with E-state index in [1.54, 1.807) is 19.1 Å². The lowest BCUT2D eigenvalue weighted by atomic mass is 10.2. The molecule has 6 nitrogen and oxygen atoms in total. The maximum Gasteiger partial charge on any atom is 0.279 e. The molecule has 0 spiro atoms. The van der Waals surface area contributed by atoms with Crippen molar-refractivity contribution >= 4 is 39.3 Å². The Morgan fingerprint density at radius 2 is 1.85 bits per heavy atom. The highest BCUT2D eigenvalue weighted by Crippen LogP contribution is 2.26. The van der Waals surface area contributed by atoms with Crippen molar-refractivity contribution in [3.63, 3.8) is 0 Å². The quantitative estimate of drug-likeness (QED) is 0.695. The van der Waals surface area contributed by atoms with Gasteiger partial charge >= 0.3 is 0 Å². The number of hydrogen-bond acceptors (Lipinski definition) is 4. The van der Waals surface area contributed by atoms with E-state index in [0.717, 1.165) is 10.0 Å². The number of methoxy groups -OCH3 is 1. The van der Waals surface area contributed by atoms with Crippen molar-refractivity contribution in [2.75, 3.05) is 7.11 Å². The van der Waals surface area contributed by atoms with Gasteiger partial charge in [0.15, 0.2) is 6.10 Å². The summed E-state index contributed by atoms with van der Waals surface area (Å²) in [6.45, 7) is 3.53. The predicted molar refractivity (Wildman–Crippen MR) is 103 cm³/mol. The molecule has 0 saturated heterocycles. The van der Waals surface area contributed by atoms with Crippen LogP contribution >= 0.6 is 27.5 Å². The molecule has 0 aromatic heterocycles. The average Bonchev–Trinajstić information content (AvgIpc) is 2.61. The first-order valence-corrected chi connectivity index (χ1v) is 8.85. The Bertz CT molecular complexity index is 829. The Balaban J connectivity index is 1.96. The first-order chi connectivity index (χ1) is 12.3. The van der Waals surface area contributed by atoms with Gasteiger partial charge in [-0.3, -0.25) is 20.4 Å². The van der Waals surface area contributed by atoms with Gasteiger partial charge in [0.2, 0.25) is 0 Å². The molecular formula is C18H18BrClN2O4. The number of hydrazine groups is 1. The third kappa shape index (κ3) is 5.12. The van der Waals surface area contributed by atoms with Crippen molar-refractivity contribution in [2.24, 2.45) is 0 Å². The predicted octanol–water partition coefficient (Wildman–Crippen LogP) is 3.65. The van der Waals surface area contributed by atoms with Crippen molar-refractivity contribution in [3.05, 3.63) is 57.0 Å². The van der Waals surface area contributed by atoms with Crippen LogP contribution in [-0.2, 0) is 4.79 Å². The van der Waals surface area contributed by atoms with Crippen molar-refractivity contribution in [2.45, 2.75) is 20.0 Å². The second-order valence-electron chi connectivity index (χ2n) is 5.48. The van der Waals surface area contributed by atoms with E-state index in [9.17, 15) is 9.59 Å². The maximum atomic E-state index is 12.2. The molecule has 2 N–H and O–H groups in total. The molecule has 8 heteroatoms. The summed E-state index contributed by atoms with van der Waals surface area (Å²) in [4.78, 5) is 24.4. The Morgan fingerprint density at radius 3 is 2.50 bits per heavy atom. The number of aryl methyl sites for hydroxylation is 1. The number of carbonyl (C=O) groups is 2. The highest BCUT2D eigenvalue weighted by atomic mass is 79.9. The van der Waals surface area contributed by atoms with Gasteiger partial charge in [0.1, 0.15) is 11.5 Å². The molecule has 2 amide bonds. The Kier molecular flexibility index (Phi) is 6.88. The van der Waals surface area contributed by atoms with Crippen LogP contribution < -0.4 is 20.3 Å². The van der Waals surface area contributed by atoms with Crippen molar-refractivity contribution in [1.29, 1.82) is 0 Å². The molecule has 0 bridgehead atoms. The zero-order valence-electron chi connectivity index (χ0n) is 14.4. The van der Waals surface area contributed by atoms with Gasteiger partial charge in [-0.1, -0.05) is 17.7 Å². The highest BCUT2D eigenvalue weighted by Gasteiger charge is 2.18. The number of nitrogens with one attached hydrogen (secondary N) is 2. The minimum absolute atomic E-state index is 0.243. The Hall–Kier alpha value is -2.25. The third-order valence-corrected chi connectivity index (χ3v) is 4.32. The smallest absolute Gasteiger partial charge is 0.279 e. The number of benzene rings is 2. The van der Waals surface area contributed by atoms with Gasteiger partial charge in [0.05, 0.1) is 17.1 Å². The zero-order valence-corrected chi connectivity index (χ0v) is 16.8. The standard InChI is InChI=1S/C18H18BrClN2O4/c1-10-4-7-15(14(19)8-10)26-11(2)17(23)21-22-18(24)13-6-5-12(20)9-16(13)25-3/h4-9,11H,1-3H3,(H,21,23)(H,22,24). The summed E-state index contributed by atoms with van der Waals surface area (Å²) >= 11 is 9.26. The van der Waals surface area contributed by atoms with Gasteiger partial charge in [-0.25, -0.2) is 0 Å². The molecule has 0 saturated carbocycles. The fourth-order valence-electron chi connectivity index (χ4n) is 2.09. The van der Waals surface area contributed by atoms with Gasteiger partial charge in [0.25, 0.3) is 11.8 Å². The normalized spacial score (nSPS) is 11.4. The molecule has 0 radical (unpaired) electrons. The molecule has 0 aliphatic heterocycles. The topological polar surface area (TPSA) is 76.7 Å². The molecule has 1 atom stereocenters. The van der Waals surface area contributed by atoms with Crippen LogP contribution in [0.1, 0.15) is 22.8 Å². The van der Waals surface area contributed by atoms with E-state index >= 15 is 0 Å². The molecule has 138 valence electrons. The van der Waals surface area contributed by atoms with Crippen LogP contribution in [0.3, 0.4) is 0 Å². The van der Waals surface area contributed by atoms with Crippen LogP contribution in [0.5, 0.6) is 11.5 Å². The Labute approximate surface area is 164 Å². The molecule has 26 heavy (non-hydrogen) atoms. The molecule has 0 aliphatic rings. The lowest BCUT2D eigenvalue weighted by Gasteiger charge is -2.16. The molecular weight excluding hydrogens is 424 g/mol. The molecule has 2 aromatic carbocycles. The number of hydrogen-bond donors (Lipinski definition) is 2. The van der Waals surface area contributed by atoms with E-state index in [0.29, 0.717) is 16.5 Å². The monoisotopic (exact) mass is 440 g/mol. The molecule has 0 fully saturated rings. The molecule has 0 heterocycles. The van der Waals surface area contributed by atoms with Gasteiger partial charge in [-0.15, -0.1) is 0 Å². The maximum absolute atomic E-state index is 12.2. The molecule has 2 aromatic rings. The average molecular weight is 442 g/mol. The first kappa shape index (κ1) is 20.1. The van der Waals surface area contributed by atoms with Crippen LogP contribution in [0.4, 0.5) is 0 Å². The van der Waals surface area contributed by atoms with E-state index in [-0.39, 0.29) is 5.56 Å². The van der Waals surface area contributed by atoms with Crippen LogP contribution in [0.25, 0.3) is 0 Å². The van der Waals surface area contributed by atoms with Gasteiger partial charge < -0.3 is 9.47 Å². The van der Waals surface area contributed by atoms with E-state index in [1.807, 2.05) is 19.1 Å². The van der Waals surface area contributed by atoms with Gasteiger partial charge in [-0.05, 0) is 65.7 Å². The van der Waals surface area contributed by atoms with E-state index < -0.39 is 17.9 Å². The third-order valence-electron chi connectivity index (χ3n) is 3.47. The fourth-order valence-corrected chi connectivity index (χ4v) is 2.83. The number of amides is 2. The van der Waals surface area contributed by atoms with Crippen molar-refractivity contribution in [3.8, 4) is 11.5 Å². The van der Waals surface area contributed by atoms with Gasteiger partial charge in [-0.2, -0.15) is 0 Å². The summed E-state index contributed by atoms with van der Waals surface area (Å²) in [5.74, 6) is -0.199. The number of ether oxygens (including phenoxy) is 2. The van der Waals surface area contributed by atoms with E-state index in [1.165, 1.54) is 19.2 Å². The van der Waals surface area contributed by atoms with Crippen molar-refractivity contribution in [1.82, 2.24) is 10.9 Å². The second kappa shape index (κ2) is 8.91. The molecule has 2 rings (SSSR count). The lowest BCUT2D eigenvalue weighted by Crippen LogP contribution is -2.47. The minimum atomic E-state index is -0.818. The summed E-state index contributed by atoms with van der Waals surface area (Å²) in [7, 11) is 1.43. The van der Waals surface area contributed by atoms with E-state index in [4.69, 9.17) is 21.1 Å². The summed E-state index contributed by atoms with van der Waals surface area (Å²) in [6, 6.07) is 10.1. The SMILES string of the molecule is COc1cc(Cl)ccc1C(=O)NNC(=O)C(C)Oc1ccc(C)cc1Br. The number of halogens is 2. The zero-order chi connectivity index (χ0) is 19.3.